The molecule has 3 N–H and O–H groups in total. The Kier molecular flexibility index (Phi) is 5.63. The van der Waals surface area contributed by atoms with E-state index in [1.54, 1.807) is 53.9 Å². The molecule has 27 heavy (non-hydrogen) atoms. The van der Waals surface area contributed by atoms with Crippen LogP contribution in [0, 0.1) is 6.92 Å². The Labute approximate surface area is 160 Å². The van der Waals surface area contributed by atoms with Crippen LogP contribution in [0.25, 0.3) is 0 Å². The molecule has 0 unspecified atom stereocenters. The van der Waals surface area contributed by atoms with E-state index < -0.39 is 5.91 Å². The highest BCUT2D eigenvalue weighted by Gasteiger charge is 2.11. The van der Waals surface area contributed by atoms with Crippen molar-refractivity contribution in [2.75, 3.05) is 5.32 Å². The van der Waals surface area contributed by atoms with Crippen molar-refractivity contribution in [3.8, 4) is 0 Å². The first kappa shape index (κ1) is 18.3. The van der Waals surface area contributed by atoms with Crippen LogP contribution < -0.4 is 16.2 Å². The minimum atomic E-state index is -0.448. The van der Waals surface area contributed by atoms with E-state index in [1.165, 1.54) is 11.3 Å². The van der Waals surface area contributed by atoms with Crippen LogP contribution in [-0.4, -0.2) is 17.7 Å². The van der Waals surface area contributed by atoms with Gasteiger partial charge in [0.25, 0.3) is 17.7 Å². The molecule has 0 radical (unpaired) electrons. The van der Waals surface area contributed by atoms with Crippen molar-refractivity contribution in [1.29, 1.82) is 0 Å². The van der Waals surface area contributed by atoms with Crippen LogP contribution >= 0.6 is 11.3 Å². The number of carbonyl (C=O) groups is 3. The highest BCUT2D eigenvalue weighted by molar-refractivity contribution is 7.12. The molecule has 0 aliphatic rings. The molecule has 2 aromatic carbocycles. The zero-order chi connectivity index (χ0) is 19.2. The smallest absolute Gasteiger partial charge is 0.279 e. The van der Waals surface area contributed by atoms with Gasteiger partial charge in [0.15, 0.2) is 0 Å². The summed E-state index contributed by atoms with van der Waals surface area (Å²) in [5.74, 6) is -1.05. The lowest BCUT2D eigenvalue weighted by atomic mass is 10.1. The lowest BCUT2D eigenvalue weighted by molar-refractivity contribution is 0.0849. The second-order valence-corrected chi connectivity index (χ2v) is 6.73. The predicted octanol–water partition coefficient (Wildman–Crippen LogP) is 3.38. The van der Waals surface area contributed by atoms with Gasteiger partial charge in [0.1, 0.15) is 0 Å². The van der Waals surface area contributed by atoms with E-state index in [9.17, 15) is 14.4 Å². The Hall–Kier alpha value is -3.45. The summed E-state index contributed by atoms with van der Waals surface area (Å²) in [5.41, 5.74) is 7.21. The number of anilines is 1. The maximum atomic E-state index is 12.2. The van der Waals surface area contributed by atoms with E-state index in [0.29, 0.717) is 21.7 Å². The number of nitrogens with one attached hydrogen (secondary N) is 3. The lowest BCUT2D eigenvalue weighted by Crippen LogP contribution is -2.41. The molecule has 0 fully saturated rings. The Bertz CT molecular complexity index is 966. The van der Waals surface area contributed by atoms with Crippen molar-refractivity contribution in [3.63, 3.8) is 0 Å². The summed E-state index contributed by atoms with van der Waals surface area (Å²) in [5, 5.41) is 4.56. The number of carbonyl (C=O) groups excluding carboxylic acids is 3. The number of amides is 3. The van der Waals surface area contributed by atoms with Gasteiger partial charge in [-0.05, 0) is 54.8 Å². The molecule has 0 saturated carbocycles. The summed E-state index contributed by atoms with van der Waals surface area (Å²) in [6.07, 6.45) is 0. The number of thiophene rings is 1. The van der Waals surface area contributed by atoms with Gasteiger partial charge in [-0.15, -0.1) is 11.3 Å². The van der Waals surface area contributed by atoms with Crippen LogP contribution in [0.4, 0.5) is 5.69 Å². The molecule has 0 atom stereocenters. The number of aryl methyl sites for hydroxylation is 1. The molecule has 1 aromatic heterocycles. The van der Waals surface area contributed by atoms with Crippen LogP contribution in [0.15, 0.2) is 66.0 Å². The maximum Gasteiger partial charge on any atom is 0.279 e. The van der Waals surface area contributed by atoms with Crippen LogP contribution in [0.2, 0.25) is 0 Å². The summed E-state index contributed by atoms with van der Waals surface area (Å²) in [6.45, 7) is 1.92. The molecule has 7 heteroatoms. The third-order valence-corrected chi connectivity index (χ3v) is 4.59. The second kappa shape index (κ2) is 8.29. The molecule has 136 valence electrons. The van der Waals surface area contributed by atoms with E-state index in [0.717, 1.165) is 5.56 Å². The second-order valence-electron chi connectivity index (χ2n) is 5.79. The SMILES string of the molecule is Cc1cccc(C(=O)Nc2ccc(C(=O)NNC(=O)c3cccs3)cc2)c1. The Morgan fingerprint density at radius 2 is 1.52 bits per heavy atom. The summed E-state index contributed by atoms with van der Waals surface area (Å²) >= 11 is 1.28. The third kappa shape index (κ3) is 4.80. The van der Waals surface area contributed by atoms with Crippen LogP contribution in [0.1, 0.15) is 36.0 Å². The monoisotopic (exact) mass is 379 g/mol. The normalized spacial score (nSPS) is 10.1. The molecule has 3 amide bonds. The summed E-state index contributed by atoms with van der Waals surface area (Å²) in [4.78, 5) is 36.7. The first-order valence-corrected chi connectivity index (χ1v) is 9.03. The summed E-state index contributed by atoms with van der Waals surface area (Å²) in [6, 6.07) is 17.1. The van der Waals surface area contributed by atoms with Crippen LogP contribution in [0.5, 0.6) is 0 Å². The minimum Gasteiger partial charge on any atom is -0.322 e. The molecule has 3 rings (SSSR count). The maximum absolute atomic E-state index is 12.2. The zero-order valence-electron chi connectivity index (χ0n) is 14.5. The van der Waals surface area contributed by atoms with Gasteiger partial charge in [0.05, 0.1) is 4.88 Å². The number of hydrazine groups is 1. The van der Waals surface area contributed by atoms with Crippen LogP contribution in [0.3, 0.4) is 0 Å². The number of rotatable bonds is 4. The van der Waals surface area contributed by atoms with Crippen molar-refractivity contribution in [2.45, 2.75) is 6.92 Å². The van der Waals surface area contributed by atoms with Crippen LogP contribution in [-0.2, 0) is 0 Å². The van der Waals surface area contributed by atoms with Crippen molar-refractivity contribution < 1.29 is 14.4 Å². The molecule has 0 spiro atoms. The van der Waals surface area contributed by atoms with Crippen molar-refractivity contribution >= 4 is 34.7 Å². The topological polar surface area (TPSA) is 87.3 Å². The number of hydrogen-bond donors (Lipinski definition) is 3. The van der Waals surface area contributed by atoms with E-state index in [4.69, 9.17) is 0 Å². The standard InChI is InChI=1S/C20H17N3O3S/c1-13-4-2-5-15(12-13)18(24)21-16-9-7-14(8-10-16)19(25)22-23-20(26)17-6-3-11-27-17/h2-12H,1H3,(H,21,24)(H,22,25)(H,23,26). The van der Waals surface area contributed by atoms with E-state index >= 15 is 0 Å². The third-order valence-electron chi connectivity index (χ3n) is 3.72. The first-order chi connectivity index (χ1) is 13.0. The van der Waals surface area contributed by atoms with Gasteiger partial charge in [-0.3, -0.25) is 25.2 Å². The van der Waals surface area contributed by atoms with E-state index in [2.05, 4.69) is 16.2 Å². The fourth-order valence-corrected chi connectivity index (χ4v) is 2.97. The molecule has 0 aliphatic carbocycles. The minimum absolute atomic E-state index is 0.223. The average Bonchev–Trinajstić information content (AvgIpc) is 3.21. The molecule has 0 bridgehead atoms. The average molecular weight is 379 g/mol. The van der Waals surface area contributed by atoms with Gasteiger partial charge in [-0.25, -0.2) is 0 Å². The molecular weight excluding hydrogens is 362 g/mol. The lowest BCUT2D eigenvalue weighted by Gasteiger charge is -2.08. The highest BCUT2D eigenvalue weighted by Crippen LogP contribution is 2.12. The van der Waals surface area contributed by atoms with Gasteiger partial charge in [-0.2, -0.15) is 0 Å². The molecular formula is C20H17N3O3S. The Morgan fingerprint density at radius 1 is 0.778 bits per heavy atom. The molecule has 0 aliphatic heterocycles. The fraction of sp³-hybridized carbons (Fsp3) is 0.0500. The Morgan fingerprint density at radius 3 is 2.19 bits per heavy atom. The van der Waals surface area contributed by atoms with Gasteiger partial charge in [0, 0.05) is 16.8 Å². The highest BCUT2D eigenvalue weighted by atomic mass is 32.1. The molecule has 0 saturated heterocycles. The Balaban J connectivity index is 1.57. The quantitative estimate of drug-likeness (QED) is 0.607. The van der Waals surface area contributed by atoms with E-state index in [1.807, 2.05) is 19.1 Å². The first-order valence-electron chi connectivity index (χ1n) is 8.15. The van der Waals surface area contributed by atoms with Crippen molar-refractivity contribution in [2.24, 2.45) is 0 Å². The van der Waals surface area contributed by atoms with E-state index in [-0.39, 0.29) is 11.8 Å². The zero-order valence-corrected chi connectivity index (χ0v) is 15.3. The largest absolute Gasteiger partial charge is 0.322 e. The fourth-order valence-electron chi connectivity index (χ4n) is 2.35. The van der Waals surface area contributed by atoms with Gasteiger partial charge in [-0.1, -0.05) is 23.8 Å². The summed E-state index contributed by atoms with van der Waals surface area (Å²) in [7, 11) is 0. The summed E-state index contributed by atoms with van der Waals surface area (Å²) < 4.78 is 0. The predicted molar refractivity (Wildman–Crippen MR) is 105 cm³/mol. The van der Waals surface area contributed by atoms with Crippen molar-refractivity contribution in [1.82, 2.24) is 10.9 Å². The number of hydrogen-bond acceptors (Lipinski definition) is 4. The van der Waals surface area contributed by atoms with Crippen molar-refractivity contribution in [3.05, 3.63) is 87.6 Å². The van der Waals surface area contributed by atoms with Gasteiger partial charge >= 0.3 is 0 Å². The van der Waals surface area contributed by atoms with Gasteiger partial charge < -0.3 is 5.32 Å². The molecule has 1 heterocycles. The molecule has 3 aromatic rings. The molecule has 6 nitrogen and oxygen atoms in total. The van der Waals surface area contributed by atoms with Gasteiger partial charge in [0.2, 0.25) is 0 Å². The number of benzene rings is 2.